The second kappa shape index (κ2) is 7.08. The van der Waals surface area contributed by atoms with E-state index in [9.17, 15) is 18.4 Å². The molecule has 1 atom stereocenters. The third-order valence-corrected chi connectivity index (χ3v) is 4.43. The van der Waals surface area contributed by atoms with Crippen LogP contribution >= 0.6 is 0 Å². The first-order valence-electron chi connectivity index (χ1n) is 8.17. The number of hydrogen-bond acceptors (Lipinski definition) is 4. The first-order chi connectivity index (χ1) is 11.9. The smallest absolute Gasteiger partial charge is 0.247 e. The van der Waals surface area contributed by atoms with E-state index in [1.807, 2.05) is 4.90 Å². The zero-order chi connectivity index (χ0) is 18.0. The van der Waals surface area contributed by atoms with E-state index in [-0.39, 0.29) is 18.2 Å². The number of rotatable bonds is 4. The molecule has 0 aliphatic carbocycles. The minimum Gasteiger partial charge on any atom is -0.368 e. The van der Waals surface area contributed by atoms with Crippen molar-refractivity contribution in [3.63, 3.8) is 0 Å². The van der Waals surface area contributed by atoms with E-state index in [2.05, 4.69) is 17.2 Å². The first-order valence-corrected chi connectivity index (χ1v) is 8.17. The third kappa shape index (κ3) is 4.07. The fourth-order valence-electron chi connectivity index (χ4n) is 3.11. The number of nitrogens with zero attached hydrogens (tertiary/aromatic N) is 2. The maximum absolute atomic E-state index is 13.3. The Labute approximate surface area is 144 Å². The highest BCUT2D eigenvalue weighted by atomic mass is 19.1. The number of anilines is 1. The third-order valence-electron chi connectivity index (χ3n) is 4.43. The molecular weight excluding hydrogens is 330 g/mol. The Morgan fingerprint density at radius 3 is 2.36 bits per heavy atom. The molecule has 2 saturated heterocycles. The van der Waals surface area contributed by atoms with Gasteiger partial charge >= 0.3 is 0 Å². The van der Waals surface area contributed by atoms with Gasteiger partial charge in [0.2, 0.25) is 11.8 Å². The van der Waals surface area contributed by atoms with Gasteiger partial charge < -0.3 is 20.4 Å². The molecular formula is C17H20F2N4O2. The second-order valence-corrected chi connectivity index (χ2v) is 6.20. The largest absolute Gasteiger partial charge is 0.368 e. The first kappa shape index (κ1) is 17.2. The number of nitrogens with one attached hydrogen (secondary N) is 2. The van der Waals surface area contributed by atoms with Gasteiger partial charge in [-0.1, -0.05) is 6.58 Å². The summed E-state index contributed by atoms with van der Waals surface area (Å²) in [6.07, 6.45) is 0.659. The summed E-state index contributed by atoms with van der Waals surface area (Å²) >= 11 is 0. The lowest BCUT2D eigenvalue weighted by Gasteiger charge is -2.36. The Morgan fingerprint density at radius 1 is 1.16 bits per heavy atom. The number of hydrogen-bond donors (Lipinski definition) is 2. The Balaban J connectivity index is 1.49. The molecule has 2 heterocycles. The van der Waals surface area contributed by atoms with Gasteiger partial charge in [0.1, 0.15) is 17.7 Å². The highest BCUT2D eigenvalue weighted by Crippen LogP contribution is 2.20. The summed E-state index contributed by atoms with van der Waals surface area (Å²) in [6.45, 7) is 5.60. The van der Waals surface area contributed by atoms with Crippen LogP contribution in [0.1, 0.15) is 12.8 Å². The lowest BCUT2D eigenvalue weighted by molar-refractivity contribution is -0.131. The van der Waals surface area contributed by atoms with E-state index in [1.165, 1.54) is 12.1 Å². The van der Waals surface area contributed by atoms with E-state index in [0.717, 1.165) is 6.07 Å². The molecule has 2 aliphatic heterocycles. The van der Waals surface area contributed by atoms with Crippen LogP contribution in [0.2, 0.25) is 0 Å². The van der Waals surface area contributed by atoms with Crippen molar-refractivity contribution in [3.05, 3.63) is 42.2 Å². The molecule has 0 saturated carbocycles. The van der Waals surface area contributed by atoms with Crippen LogP contribution in [0.3, 0.4) is 0 Å². The maximum atomic E-state index is 13.3. The molecule has 3 rings (SSSR count). The van der Waals surface area contributed by atoms with Crippen molar-refractivity contribution < 1.29 is 18.4 Å². The van der Waals surface area contributed by atoms with Crippen molar-refractivity contribution in [2.45, 2.75) is 18.9 Å². The molecule has 0 radical (unpaired) electrons. The van der Waals surface area contributed by atoms with Crippen molar-refractivity contribution in [2.24, 2.45) is 0 Å². The fraction of sp³-hybridized carbons (Fsp3) is 0.412. The van der Waals surface area contributed by atoms with Crippen LogP contribution in [0.15, 0.2) is 30.6 Å². The predicted octanol–water partition coefficient (Wildman–Crippen LogP) is 0.953. The SMILES string of the molecule is C=C1NC(=O)C(CCC(=O)N2CCN(c3cc(F)cc(F)c3)CC2)N1. The standard InChI is InChI=1S/C17H20F2N4O2/c1-11-20-15(17(25)21-11)2-3-16(24)23-6-4-22(5-7-23)14-9-12(18)8-13(19)10-14/h8-10,15,20H,1-7H2,(H,21,25). The average molecular weight is 350 g/mol. The van der Waals surface area contributed by atoms with Gasteiger partial charge in [0.15, 0.2) is 0 Å². The van der Waals surface area contributed by atoms with E-state index in [4.69, 9.17) is 0 Å². The van der Waals surface area contributed by atoms with E-state index in [1.54, 1.807) is 4.90 Å². The highest BCUT2D eigenvalue weighted by molar-refractivity contribution is 5.87. The van der Waals surface area contributed by atoms with E-state index in [0.29, 0.717) is 44.1 Å². The zero-order valence-corrected chi connectivity index (χ0v) is 13.7. The van der Waals surface area contributed by atoms with Gasteiger partial charge in [0.05, 0.1) is 5.82 Å². The summed E-state index contributed by atoms with van der Waals surface area (Å²) in [5, 5.41) is 5.46. The van der Waals surface area contributed by atoms with Crippen LogP contribution in [0.5, 0.6) is 0 Å². The van der Waals surface area contributed by atoms with Gasteiger partial charge in [0.25, 0.3) is 0 Å². The number of piperazine rings is 1. The topological polar surface area (TPSA) is 64.7 Å². The Hall–Kier alpha value is -2.64. The molecule has 1 aromatic rings. The molecule has 2 amide bonds. The van der Waals surface area contributed by atoms with Crippen LogP contribution in [0.25, 0.3) is 0 Å². The Kier molecular flexibility index (Phi) is 4.87. The molecule has 6 nitrogen and oxygen atoms in total. The van der Waals surface area contributed by atoms with Gasteiger partial charge in [-0.2, -0.15) is 0 Å². The van der Waals surface area contributed by atoms with Crippen molar-refractivity contribution in [1.29, 1.82) is 0 Å². The molecule has 1 aromatic carbocycles. The lowest BCUT2D eigenvalue weighted by Crippen LogP contribution is -2.49. The molecule has 2 aliphatic rings. The number of carbonyl (C=O) groups excluding carboxylic acids is 2. The van der Waals surface area contributed by atoms with Crippen LogP contribution in [0, 0.1) is 11.6 Å². The summed E-state index contributed by atoms with van der Waals surface area (Å²) in [4.78, 5) is 27.5. The fourth-order valence-corrected chi connectivity index (χ4v) is 3.11. The van der Waals surface area contributed by atoms with Crippen molar-refractivity contribution in [2.75, 3.05) is 31.1 Å². The molecule has 2 N–H and O–H groups in total. The quantitative estimate of drug-likeness (QED) is 0.849. The second-order valence-electron chi connectivity index (χ2n) is 6.20. The molecule has 25 heavy (non-hydrogen) atoms. The van der Waals surface area contributed by atoms with Gasteiger partial charge in [-0.05, 0) is 18.6 Å². The van der Waals surface area contributed by atoms with E-state index < -0.39 is 17.7 Å². The summed E-state index contributed by atoms with van der Waals surface area (Å²) < 4.78 is 26.6. The van der Waals surface area contributed by atoms with Crippen LogP contribution in [-0.2, 0) is 9.59 Å². The Morgan fingerprint density at radius 2 is 1.80 bits per heavy atom. The number of amides is 2. The molecule has 134 valence electrons. The summed E-state index contributed by atoms with van der Waals surface area (Å²) in [5.74, 6) is -0.971. The van der Waals surface area contributed by atoms with Gasteiger partial charge in [-0.25, -0.2) is 8.78 Å². The molecule has 0 aromatic heterocycles. The van der Waals surface area contributed by atoms with Crippen LogP contribution in [0.4, 0.5) is 14.5 Å². The van der Waals surface area contributed by atoms with Crippen LogP contribution < -0.4 is 15.5 Å². The van der Waals surface area contributed by atoms with Crippen molar-refractivity contribution in [1.82, 2.24) is 15.5 Å². The normalized spacial score (nSPS) is 20.5. The van der Waals surface area contributed by atoms with Crippen molar-refractivity contribution in [3.8, 4) is 0 Å². The maximum Gasteiger partial charge on any atom is 0.247 e. The van der Waals surface area contributed by atoms with Gasteiger partial charge in [0, 0.05) is 44.4 Å². The molecule has 1 unspecified atom stereocenters. The monoisotopic (exact) mass is 350 g/mol. The average Bonchev–Trinajstić information content (AvgIpc) is 2.89. The number of carbonyl (C=O) groups is 2. The van der Waals surface area contributed by atoms with Crippen LogP contribution in [-0.4, -0.2) is 48.9 Å². The molecule has 0 bridgehead atoms. The summed E-state index contributed by atoms with van der Waals surface area (Å²) in [7, 11) is 0. The lowest BCUT2D eigenvalue weighted by atomic mass is 10.1. The highest BCUT2D eigenvalue weighted by Gasteiger charge is 2.28. The minimum absolute atomic E-state index is 0.0304. The minimum atomic E-state index is -0.613. The Bertz CT molecular complexity index is 682. The van der Waals surface area contributed by atoms with Crippen molar-refractivity contribution >= 4 is 17.5 Å². The van der Waals surface area contributed by atoms with Gasteiger partial charge in [-0.15, -0.1) is 0 Å². The number of benzene rings is 1. The molecule has 2 fully saturated rings. The van der Waals surface area contributed by atoms with Gasteiger partial charge in [-0.3, -0.25) is 9.59 Å². The summed E-state index contributed by atoms with van der Waals surface area (Å²) in [5.41, 5.74) is 0.481. The zero-order valence-electron chi connectivity index (χ0n) is 13.7. The van der Waals surface area contributed by atoms with E-state index >= 15 is 0 Å². The number of halogens is 2. The summed E-state index contributed by atoms with van der Waals surface area (Å²) in [6, 6.07) is 2.99. The predicted molar refractivity (Wildman–Crippen MR) is 88.6 cm³/mol. The molecule has 8 heteroatoms. The molecule has 0 spiro atoms.